The molecule has 2 aromatic heterocycles. The Morgan fingerprint density at radius 2 is 2.08 bits per heavy atom. The fraction of sp³-hybridized carbons (Fsp3) is 0.421. The number of hydrogen-bond acceptors (Lipinski definition) is 4. The summed E-state index contributed by atoms with van der Waals surface area (Å²) in [6, 6.07) is 7.94. The number of pyridine rings is 2. The zero-order valence-corrected chi connectivity index (χ0v) is 14.7. The predicted octanol–water partition coefficient (Wildman–Crippen LogP) is 2.57. The summed E-state index contributed by atoms with van der Waals surface area (Å²) in [6.45, 7) is 2.23. The normalized spacial score (nSPS) is 27.9. The molecule has 6 heteroatoms. The second kappa shape index (κ2) is 7.10. The van der Waals surface area contributed by atoms with Gasteiger partial charge in [-0.25, -0.2) is 4.98 Å². The molecule has 0 spiro atoms. The minimum atomic E-state index is -0.0703. The number of amides is 1. The maximum atomic E-state index is 12.7. The highest BCUT2D eigenvalue weighted by atomic mass is 35.5. The van der Waals surface area contributed by atoms with Crippen molar-refractivity contribution in [3.63, 3.8) is 0 Å². The summed E-state index contributed by atoms with van der Waals surface area (Å²) in [6.07, 6.45) is 8.46. The maximum absolute atomic E-state index is 12.7. The molecule has 5 rings (SSSR count). The average molecular weight is 357 g/mol. The largest absolute Gasteiger partial charge is 0.347 e. The van der Waals surface area contributed by atoms with Gasteiger partial charge in [0.2, 0.25) is 0 Å². The number of hydrogen-bond donors (Lipinski definition) is 1. The second-order valence-electron chi connectivity index (χ2n) is 6.87. The number of carbonyl (C=O) groups excluding carboxylic acids is 1. The minimum absolute atomic E-state index is 0.0703. The van der Waals surface area contributed by atoms with Crippen molar-refractivity contribution >= 4 is 17.5 Å². The van der Waals surface area contributed by atoms with Gasteiger partial charge in [-0.1, -0.05) is 17.7 Å². The van der Waals surface area contributed by atoms with E-state index >= 15 is 0 Å². The Morgan fingerprint density at radius 1 is 1.24 bits per heavy atom. The van der Waals surface area contributed by atoms with Gasteiger partial charge in [-0.05, 0) is 62.0 Å². The zero-order valence-electron chi connectivity index (χ0n) is 13.9. The van der Waals surface area contributed by atoms with Crippen molar-refractivity contribution < 1.29 is 4.79 Å². The van der Waals surface area contributed by atoms with E-state index in [2.05, 4.69) is 26.3 Å². The van der Waals surface area contributed by atoms with Gasteiger partial charge in [-0.3, -0.25) is 14.7 Å². The molecule has 0 aromatic carbocycles. The van der Waals surface area contributed by atoms with E-state index in [4.69, 9.17) is 11.6 Å². The van der Waals surface area contributed by atoms with Crippen LogP contribution in [0.2, 0.25) is 5.15 Å². The van der Waals surface area contributed by atoms with Gasteiger partial charge in [0.1, 0.15) is 5.15 Å². The lowest BCUT2D eigenvalue weighted by Gasteiger charge is -2.51. The Balaban J connectivity index is 1.52. The first-order valence-corrected chi connectivity index (χ1v) is 9.14. The smallest absolute Gasteiger partial charge is 0.253 e. The first-order valence-electron chi connectivity index (χ1n) is 8.76. The molecule has 1 amide bonds. The van der Waals surface area contributed by atoms with E-state index in [0.29, 0.717) is 22.7 Å². The van der Waals surface area contributed by atoms with E-state index in [-0.39, 0.29) is 11.9 Å². The first-order chi connectivity index (χ1) is 12.2. The third-order valence-electron chi connectivity index (χ3n) is 5.42. The molecule has 3 aliphatic rings. The second-order valence-corrected chi connectivity index (χ2v) is 7.26. The summed E-state index contributed by atoms with van der Waals surface area (Å²) in [5.74, 6) is 0.468. The molecule has 0 radical (unpaired) electrons. The van der Waals surface area contributed by atoms with E-state index in [1.807, 2.05) is 12.3 Å². The number of rotatable bonds is 4. The van der Waals surface area contributed by atoms with Crippen LogP contribution in [0.4, 0.5) is 0 Å². The van der Waals surface area contributed by atoms with Crippen molar-refractivity contribution in [1.82, 2.24) is 20.2 Å². The van der Waals surface area contributed by atoms with E-state index in [1.165, 1.54) is 11.8 Å². The molecule has 3 fully saturated rings. The van der Waals surface area contributed by atoms with E-state index < -0.39 is 0 Å². The van der Waals surface area contributed by atoms with E-state index in [9.17, 15) is 4.79 Å². The minimum Gasteiger partial charge on any atom is -0.347 e. The molecular formula is C19H21ClN4O. The van der Waals surface area contributed by atoms with Gasteiger partial charge in [-0.15, -0.1) is 0 Å². The van der Waals surface area contributed by atoms with Crippen LogP contribution in [0.15, 0.2) is 42.9 Å². The Hall–Kier alpha value is -1.98. The topological polar surface area (TPSA) is 58.1 Å². The SMILES string of the molecule is O=C(N[C@H]1C2CCN(CC2)[C@H]1Cc1cccnc1)c1ccc(Cl)nc1. The number of halogens is 1. The number of carbonyl (C=O) groups is 1. The van der Waals surface area contributed by atoms with Crippen LogP contribution in [0.3, 0.4) is 0 Å². The molecule has 2 aromatic rings. The highest BCUT2D eigenvalue weighted by Crippen LogP contribution is 2.34. The van der Waals surface area contributed by atoms with Crippen LogP contribution in [0.25, 0.3) is 0 Å². The lowest BCUT2D eigenvalue weighted by Crippen LogP contribution is -2.64. The van der Waals surface area contributed by atoms with Crippen LogP contribution in [0.5, 0.6) is 0 Å². The summed E-state index contributed by atoms with van der Waals surface area (Å²) < 4.78 is 0. The molecule has 2 atom stereocenters. The Labute approximate surface area is 152 Å². The fourth-order valence-corrected chi connectivity index (χ4v) is 4.24. The van der Waals surface area contributed by atoms with Gasteiger partial charge >= 0.3 is 0 Å². The van der Waals surface area contributed by atoms with Gasteiger partial charge in [0.15, 0.2) is 0 Å². The van der Waals surface area contributed by atoms with Crippen molar-refractivity contribution in [2.24, 2.45) is 5.92 Å². The van der Waals surface area contributed by atoms with Gasteiger partial charge in [-0.2, -0.15) is 0 Å². The number of fused-ring (bicyclic) bond motifs is 3. The number of aromatic nitrogens is 2. The number of nitrogens with zero attached hydrogens (tertiary/aromatic N) is 3. The monoisotopic (exact) mass is 356 g/mol. The molecule has 130 valence electrons. The average Bonchev–Trinajstić information content (AvgIpc) is 2.66. The fourth-order valence-electron chi connectivity index (χ4n) is 4.13. The molecule has 25 heavy (non-hydrogen) atoms. The zero-order chi connectivity index (χ0) is 17.2. The first kappa shape index (κ1) is 16.5. The molecule has 0 saturated carbocycles. The van der Waals surface area contributed by atoms with Gasteiger partial charge in [0.05, 0.1) is 5.56 Å². The molecule has 0 unspecified atom stereocenters. The van der Waals surface area contributed by atoms with Gasteiger partial charge < -0.3 is 5.32 Å². The Kier molecular flexibility index (Phi) is 4.68. The quantitative estimate of drug-likeness (QED) is 0.855. The predicted molar refractivity (Wildman–Crippen MR) is 96.5 cm³/mol. The molecule has 2 bridgehead atoms. The summed E-state index contributed by atoms with van der Waals surface area (Å²) in [5.41, 5.74) is 1.77. The highest BCUT2D eigenvalue weighted by molar-refractivity contribution is 6.29. The van der Waals surface area contributed by atoms with E-state index in [1.54, 1.807) is 18.3 Å². The van der Waals surface area contributed by atoms with Crippen LogP contribution >= 0.6 is 11.6 Å². The Morgan fingerprint density at radius 3 is 2.76 bits per heavy atom. The third kappa shape index (κ3) is 3.53. The van der Waals surface area contributed by atoms with Gasteiger partial charge in [0, 0.05) is 30.7 Å². The summed E-state index contributed by atoms with van der Waals surface area (Å²) in [5, 5.41) is 3.67. The molecule has 5 heterocycles. The Bertz CT molecular complexity index is 729. The molecule has 3 aliphatic heterocycles. The third-order valence-corrected chi connectivity index (χ3v) is 5.64. The molecule has 0 aliphatic carbocycles. The lowest BCUT2D eigenvalue weighted by molar-refractivity contribution is 0.0136. The summed E-state index contributed by atoms with van der Waals surface area (Å²) >= 11 is 5.82. The van der Waals surface area contributed by atoms with Crippen LogP contribution in [0, 0.1) is 5.92 Å². The van der Waals surface area contributed by atoms with Crippen molar-refractivity contribution in [2.45, 2.75) is 31.3 Å². The van der Waals surface area contributed by atoms with Crippen molar-refractivity contribution in [1.29, 1.82) is 0 Å². The molecular weight excluding hydrogens is 336 g/mol. The van der Waals surface area contributed by atoms with Crippen LogP contribution in [-0.2, 0) is 6.42 Å². The number of nitrogens with one attached hydrogen (secondary N) is 1. The molecule has 1 N–H and O–H groups in total. The lowest BCUT2D eigenvalue weighted by atomic mass is 9.76. The van der Waals surface area contributed by atoms with Gasteiger partial charge in [0.25, 0.3) is 5.91 Å². The van der Waals surface area contributed by atoms with E-state index in [0.717, 1.165) is 32.4 Å². The summed E-state index contributed by atoms with van der Waals surface area (Å²) in [7, 11) is 0. The standard InChI is InChI=1S/C19H21ClN4O/c20-17-4-3-15(12-22-17)19(25)23-18-14-5-8-24(9-6-14)16(18)10-13-2-1-7-21-11-13/h1-4,7,11-12,14,16,18H,5-6,8-10H2,(H,23,25)/t16-,18-/m0/s1. The van der Waals surface area contributed by atoms with Crippen LogP contribution < -0.4 is 5.32 Å². The molecule has 3 saturated heterocycles. The van der Waals surface area contributed by atoms with Crippen molar-refractivity contribution in [3.8, 4) is 0 Å². The number of piperidine rings is 3. The molecule has 5 nitrogen and oxygen atoms in total. The van der Waals surface area contributed by atoms with Crippen LogP contribution in [0.1, 0.15) is 28.8 Å². The van der Waals surface area contributed by atoms with Crippen molar-refractivity contribution in [3.05, 3.63) is 59.1 Å². The summed E-state index contributed by atoms with van der Waals surface area (Å²) in [4.78, 5) is 23.4. The van der Waals surface area contributed by atoms with Crippen molar-refractivity contribution in [2.75, 3.05) is 13.1 Å². The maximum Gasteiger partial charge on any atom is 0.253 e. The van der Waals surface area contributed by atoms with Crippen LogP contribution in [-0.4, -0.2) is 45.9 Å². The highest BCUT2D eigenvalue weighted by Gasteiger charge is 2.42.